The Morgan fingerprint density at radius 2 is 2.05 bits per heavy atom. The van der Waals surface area contributed by atoms with Crippen LogP contribution in [-0.2, 0) is 18.4 Å². The van der Waals surface area contributed by atoms with Gasteiger partial charge in [0.1, 0.15) is 6.54 Å². The van der Waals surface area contributed by atoms with Crippen LogP contribution in [0.2, 0.25) is 0 Å². The lowest BCUT2D eigenvalue weighted by molar-refractivity contribution is -0.127. The molecule has 0 bridgehead atoms. The van der Waals surface area contributed by atoms with E-state index in [1.807, 2.05) is 31.3 Å². The molecule has 6 nitrogen and oxygen atoms in total. The van der Waals surface area contributed by atoms with Crippen LogP contribution >= 0.6 is 0 Å². The van der Waals surface area contributed by atoms with Gasteiger partial charge >= 0.3 is 0 Å². The number of carbonyl (C=O) groups excluding carboxylic acids is 1. The molecular formula is C15H27N5O. The van der Waals surface area contributed by atoms with Crippen molar-refractivity contribution in [2.75, 3.05) is 27.7 Å². The van der Waals surface area contributed by atoms with Crippen LogP contribution < -0.4 is 5.32 Å². The number of carbonyl (C=O) groups is 1. The fourth-order valence-corrected chi connectivity index (χ4v) is 1.80. The van der Waals surface area contributed by atoms with Crippen LogP contribution in [0.3, 0.4) is 0 Å². The summed E-state index contributed by atoms with van der Waals surface area (Å²) in [6, 6.07) is 4.36. The fourth-order valence-electron chi connectivity index (χ4n) is 1.80. The maximum Gasteiger partial charge on any atom is 0.243 e. The predicted molar refractivity (Wildman–Crippen MR) is 86.1 cm³/mol. The summed E-state index contributed by atoms with van der Waals surface area (Å²) in [5.74, 6) is 0.728. The quantitative estimate of drug-likeness (QED) is 0.648. The second-order valence-corrected chi connectivity index (χ2v) is 5.69. The van der Waals surface area contributed by atoms with Crippen molar-refractivity contribution in [2.45, 2.75) is 26.4 Å². The van der Waals surface area contributed by atoms with Crippen molar-refractivity contribution in [3.8, 4) is 0 Å². The molecule has 0 aromatic carbocycles. The zero-order valence-corrected chi connectivity index (χ0v) is 13.9. The molecule has 1 N–H and O–H groups in total. The summed E-state index contributed by atoms with van der Waals surface area (Å²) in [6.07, 6.45) is 2.02. The summed E-state index contributed by atoms with van der Waals surface area (Å²) in [7, 11) is 7.47. The Bertz CT molecular complexity index is 490. The van der Waals surface area contributed by atoms with Crippen molar-refractivity contribution >= 4 is 11.9 Å². The lowest BCUT2D eigenvalue weighted by Crippen LogP contribution is -2.43. The molecule has 0 aliphatic carbocycles. The lowest BCUT2D eigenvalue weighted by Gasteiger charge is -2.24. The Hall–Kier alpha value is -1.98. The minimum Gasteiger partial charge on any atom is -0.354 e. The zero-order chi connectivity index (χ0) is 16.0. The monoisotopic (exact) mass is 293 g/mol. The van der Waals surface area contributed by atoms with E-state index in [4.69, 9.17) is 0 Å². The number of nitrogens with one attached hydrogen (secondary N) is 1. The number of aliphatic imine (C=N–C) groups is 1. The summed E-state index contributed by atoms with van der Waals surface area (Å²) in [5, 5.41) is 3.30. The van der Waals surface area contributed by atoms with Crippen LogP contribution in [0.1, 0.15) is 19.5 Å². The second kappa shape index (κ2) is 7.71. The third-order valence-electron chi connectivity index (χ3n) is 3.09. The van der Waals surface area contributed by atoms with Gasteiger partial charge in [0.15, 0.2) is 5.96 Å². The van der Waals surface area contributed by atoms with E-state index in [-0.39, 0.29) is 18.5 Å². The van der Waals surface area contributed by atoms with E-state index in [9.17, 15) is 4.79 Å². The van der Waals surface area contributed by atoms with E-state index in [0.717, 1.165) is 12.5 Å². The van der Waals surface area contributed by atoms with Crippen LogP contribution in [-0.4, -0.2) is 60.0 Å². The van der Waals surface area contributed by atoms with Gasteiger partial charge in [0.2, 0.25) is 5.91 Å². The van der Waals surface area contributed by atoms with Crippen LogP contribution in [0.25, 0.3) is 0 Å². The predicted octanol–water partition coefficient (Wildman–Crippen LogP) is 0.899. The Balaban J connectivity index is 2.78. The van der Waals surface area contributed by atoms with Crippen molar-refractivity contribution in [3.63, 3.8) is 0 Å². The third kappa shape index (κ3) is 5.49. The summed E-state index contributed by atoms with van der Waals surface area (Å²) in [6.45, 7) is 5.00. The van der Waals surface area contributed by atoms with Gasteiger partial charge in [-0.15, -0.1) is 0 Å². The number of rotatable bonds is 5. The Morgan fingerprint density at radius 1 is 1.38 bits per heavy atom. The normalized spacial score (nSPS) is 11.7. The molecule has 21 heavy (non-hydrogen) atoms. The first-order chi connectivity index (χ1) is 9.81. The van der Waals surface area contributed by atoms with Gasteiger partial charge in [-0.2, -0.15) is 0 Å². The average molecular weight is 293 g/mol. The van der Waals surface area contributed by atoms with E-state index >= 15 is 0 Å². The summed E-state index contributed by atoms with van der Waals surface area (Å²) in [5.41, 5.74) is 1.19. The van der Waals surface area contributed by atoms with Gasteiger partial charge in [-0.3, -0.25) is 4.79 Å². The highest BCUT2D eigenvalue weighted by atomic mass is 16.2. The molecule has 1 amide bonds. The molecule has 6 heteroatoms. The molecule has 0 unspecified atom stereocenters. The largest absolute Gasteiger partial charge is 0.354 e. The maximum atomic E-state index is 11.7. The standard InChI is InChI=1S/C15H27N5O/c1-12(2)17-15(16-10-14(21)18(3)4)20(6)11-13-8-7-9-19(13)5/h7-9,12H,10-11H2,1-6H3,(H,16,17). The SMILES string of the molecule is CC(C)NC(=NCC(=O)N(C)C)N(C)Cc1cccn1C. The molecule has 1 aromatic rings. The van der Waals surface area contributed by atoms with E-state index in [1.54, 1.807) is 19.0 Å². The molecule has 1 heterocycles. The van der Waals surface area contributed by atoms with E-state index < -0.39 is 0 Å². The number of nitrogens with zero attached hydrogens (tertiary/aromatic N) is 4. The van der Waals surface area contributed by atoms with Gasteiger partial charge in [-0.05, 0) is 26.0 Å². The van der Waals surface area contributed by atoms with Crippen LogP contribution in [0.4, 0.5) is 0 Å². The number of amides is 1. The molecule has 0 fully saturated rings. The highest BCUT2D eigenvalue weighted by Crippen LogP contribution is 2.04. The number of aryl methyl sites for hydroxylation is 1. The van der Waals surface area contributed by atoms with Crippen LogP contribution in [0.5, 0.6) is 0 Å². The highest BCUT2D eigenvalue weighted by molar-refractivity contribution is 5.84. The minimum atomic E-state index is -0.00896. The Labute approximate surface area is 127 Å². The molecule has 0 saturated carbocycles. The molecular weight excluding hydrogens is 266 g/mol. The first-order valence-electron chi connectivity index (χ1n) is 7.13. The van der Waals surface area contributed by atoms with Gasteiger partial charge in [0.05, 0.1) is 6.54 Å². The summed E-state index contributed by atoms with van der Waals surface area (Å²) >= 11 is 0. The smallest absolute Gasteiger partial charge is 0.243 e. The van der Waals surface area contributed by atoms with Gasteiger partial charge in [0.25, 0.3) is 0 Å². The average Bonchev–Trinajstić information content (AvgIpc) is 2.79. The second-order valence-electron chi connectivity index (χ2n) is 5.69. The van der Waals surface area contributed by atoms with E-state index in [2.05, 4.69) is 34.8 Å². The number of guanidine groups is 1. The molecule has 0 spiro atoms. The Morgan fingerprint density at radius 3 is 2.52 bits per heavy atom. The van der Waals surface area contributed by atoms with E-state index in [1.165, 1.54) is 5.69 Å². The zero-order valence-electron chi connectivity index (χ0n) is 13.9. The number of likely N-dealkylation sites (N-methyl/N-ethyl adjacent to an activating group) is 1. The molecule has 0 atom stereocenters. The summed E-state index contributed by atoms with van der Waals surface area (Å²) < 4.78 is 2.08. The highest BCUT2D eigenvalue weighted by Gasteiger charge is 2.11. The molecule has 0 radical (unpaired) electrons. The maximum absolute atomic E-state index is 11.7. The number of hydrogen-bond donors (Lipinski definition) is 1. The van der Waals surface area contributed by atoms with Gasteiger partial charge in [-0.25, -0.2) is 4.99 Å². The van der Waals surface area contributed by atoms with Crippen molar-refractivity contribution in [3.05, 3.63) is 24.0 Å². The van der Waals surface area contributed by atoms with Crippen LogP contribution in [0.15, 0.2) is 23.3 Å². The minimum absolute atomic E-state index is 0.00896. The van der Waals surface area contributed by atoms with Gasteiger partial charge in [-0.1, -0.05) is 0 Å². The third-order valence-corrected chi connectivity index (χ3v) is 3.09. The fraction of sp³-hybridized carbons (Fsp3) is 0.600. The number of hydrogen-bond acceptors (Lipinski definition) is 2. The lowest BCUT2D eigenvalue weighted by atomic mass is 10.4. The molecule has 0 aliphatic heterocycles. The number of aromatic nitrogens is 1. The Kier molecular flexibility index (Phi) is 6.27. The molecule has 1 aromatic heterocycles. The first kappa shape index (κ1) is 17.1. The topological polar surface area (TPSA) is 52.9 Å². The van der Waals surface area contributed by atoms with Gasteiger partial charge < -0.3 is 19.7 Å². The summed E-state index contributed by atoms with van der Waals surface area (Å²) in [4.78, 5) is 19.7. The van der Waals surface area contributed by atoms with Crippen molar-refractivity contribution in [2.24, 2.45) is 12.0 Å². The molecule has 0 aliphatic rings. The van der Waals surface area contributed by atoms with Crippen molar-refractivity contribution in [1.82, 2.24) is 19.7 Å². The molecule has 118 valence electrons. The van der Waals surface area contributed by atoms with Gasteiger partial charge in [0, 0.05) is 46.1 Å². The van der Waals surface area contributed by atoms with Crippen molar-refractivity contribution in [1.29, 1.82) is 0 Å². The van der Waals surface area contributed by atoms with Crippen molar-refractivity contribution < 1.29 is 4.79 Å². The first-order valence-corrected chi connectivity index (χ1v) is 7.13. The molecule has 1 rings (SSSR count). The van der Waals surface area contributed by atoms with E-state index in [0.29, 0.717) is 0 Å². The molecule has 0 saturated heterocycles. The van der Waals surface area contributed by atoms with Crippen LogP contribution in [0, 0.1) is 0 Å².